The van der Waals surface area contributed by atoms with E-state index in [0.29, 0.717) is 11.4 Å². The summed E-state index contributed by atoms with van der Waals surface area (Å²) in [4.78, 5) is 20.2. The SMILES string of the molecule is O=C(Nc1ccc(NCCc2ccc(Cl)cc2)cn1)c1cccnc1. The van der Waals surface area contributed by atoms with E-state index in [-0.39, 0.29) is 5.91 Å². The lowest BCUT2D eigenvalue weighted by Gasteiger charge is -2.08. The Balaban J connectivity index is 1.50. The molecule has 3 aromatic rings. The smallest absolute Gasteiger partial charge is 0.258 e. The first-order valence-electron chi connectivity index (χ1n) is 7.86. The second-order valence-corrected chi connectivity index (χ2v) is 5.87. The van der Waals surface area contributed by atoms with E-state index in [1.54, 1.807) is 30.6 Å². The maximum atomic E-state index is 12.0. The molecule has 0 saturated carbocycles. The summed E-state index contributed by atoms with van der Waals surface area (Å²) in [6.07, 6.45) is 5.72. The largest absolute Gasteiger partial charge is 0.383 e. The Morgan fingerprint density at radius 3 is 2.56 bits per heavy atom. The topological polar surface area (TPSA) is 66.9 Å². The first-order valence-corrected chi connectivity index (χ1v) is 8.24. The summed E-state index contributed by atoms with van der Waals surface area (Å²) in [7, 11) is 0. The summed E-state index contributed by atoms with van der Waals surface area (Å²) in [5.74, 6) is 0.265. The maximum absolute atomic E-state index is 12.0. The summed E-state index contributed by atoms with van der Waals surface area (Å²) < 4.78 is 0. The number of halogens is 1. The molecule has 2 aromatic heterocycles. The van der Waals surface area contributed by atoms with Crippen molar-refractivity contribution in [2.24, 2.45) is 0 Å². The molecule has 0 radical (unpaired) electrons. The second kappa shape index (κ2) is 8.26. The van der Waals surface area contributed by atoms with Gasteiger partial charge in [0.25, 0.3) is 5.91 Å². The van der Waals surface area contributed by atoms with Crippen LogP contribution in [-0.4, -0.2) is 22.4 Å². The summed E-state index contributed by atoms with van der Waals surface area (Å²) >= 11 is 5.87. The minimum Gasteiger partial charge on any atom is -0.383 e. The molecule has 0 bridgehead atoms. The van der Waals surface area contributed by atoms with Crippen molar-refractivity contribution in [1.29, 1.82) is 0 Å². The van der Waals surface area contributed by atoms with Gasteiger partial charge in [-0.25, -0.2) is 4.98 Å². The zero-order valence-electron chi connectivity index (χ0n) is 13.4. The summed E-state index contributed by atoms with van der Waals surface area (Å²) in [6.45, 7) is 0.782. The first-order chi connectivity index (χ1) is 12.2. The van der Waals surface area contributed by atoms with Gasteiger partial charge in [0.1, 0.15) is 5.82 Å². The highest BCUT2D eigenvalue weighted by Gasteiger charge is 2.06. The van der Waals surface area contributed by atoms with Crippen molar-refractivity contribution in [3.05, 3.63) is 83.3 Å². The fraction of sp³-hybridized carbons (Fsp3) is 0.105. The summed E-state index contributed by atoms with van der Waals surface area (Å²) in [5.41, 5.74) is 2.60. The highest BCUT2D eigenvalue weighted by molar-refractivity contribution is 6.30. The van der Waals surface area contributed by atoms with Gasteiger partial charge in [-0.2, -0.15) is 0 Å². The average Bonchev–Trinajstić information content (AvgIpc) is 2.65. The predicted octanol–water partition coefficient (Wildman–Crippen LogP) is 4.04. The molecule has 0 aliphatic heterocycles. The van der Waals surface area contributed by atoms with Gasteiger partial charge in [0.05, 0.1) is 17.4 Å². The van der Waals surface area contributed by atoms with Crippen molar-refractivity contribution < 1.29 is 4.79 Å². The maximum Gasteiger partial charge on any atom is 0.258 e. The quantitative estimate of drug-likeness (QED) is 0.702. The van der Waals surface area contributed by atoms with E-state index >= 15 is 0 Å². The number of carbonyl (C=O) groups excluding carboxylic acids is 1. The molecular weight excluding hydrogens is 336 g/mol. The van der Waals surface area contributed by atoms with E-state index in [1.807, 2.05) is 30.3 Å². The van der Waals surface area contributed by atoms with Gasteiger partial charge < -0.3 is 10.6 Å². The standard InChI is InChI=1S/C19H17ClN4O/c20-16-5-3-14(4-6-16)9-11-22-17-7-8-18(23-13-17)24-19(25)15-2-1-10-21-12-15/h1-8,10,12-13,22H,9,11H2,(H,23,24,25). The average molecular weight is 353 g/mol. The zero-order valence-corrected chi connectivity index (χ0v) is 14.2. The van der Waals surface area contributed by atoms with Crippen LogP contribution < -0.4 is 10.6 Å². The van der Waals surface area contributed by atoms with Gasteiger partial charge in [0.2, 0.25) is 0 Å². The number of nitrogens with one attached hydrogen (secondary N) is 2. The van der Waals surface area contributed by atoms with Crippen LogP contribution in [0.25, 0.3) is 0 Å². The third kappa shape index (κ3) is 5.02. The number of rotatable bonds is 6. The molecular formula is C19H17ClN4O. The van der Waals surface area contributed by atoms with Crippen LogP contribution in [-0.2, 0) is 6.42 Å². The highest BCUT2D eigenvalue weighted by atomic mass is 35.5. The summed E-state index contributed by atoms with van der Waals surface area (Å²) in [5, 5.41) is 6.78. The van der Waals surface area contributed by atoms with E-state index in [9.17, 15) is 4.79 Å². The van der Waals surface area contributed by atoms with Crippen molar-refractivity contribution in [2.75, 3.05) is 17.2 Å². The number of pyridine rings is 2. The third-order valence-corrected chi connectivity index (χ3v) is 3.84. The van der Waals surface area contributed by atoms with E-state index in [0.717, 1.165) is 23.7 Å². The Morgan fingerprint density at radius 2 is 1.88 bits per heavy atom. The van der Waals surface area contributed by atoms with Crippen LogP contribution in [0.5, 0.6) is 0 Å². The normalized spacial score (nSPS) is 10.3. The van der Waals surface area contributed by atoms with Gasteiger partial charge in [0, 0.05) is 24.0 Å². The van der Waals surface area contributed by atoms with Crippen LogP contribution in [0.1, 0.15) is 15.9 Å². The lowest BCUT2D eigenvalue weighted by Crippen LogP contribution is -2.13. The first kappa shape index (κ1) is 16.9. The molecule has 0 saturated heterocycles. The third-order valence-electron chi connectivity index (χ3n) is 3.58. The van der Waals surface area contributed by atoms with Gasteiger partial charge in [-0.15, -0.1) is 0 Å². The molecule has 0 unspecified atom stereocenters. The number of benzene rings is 1. The molecule has 126 valence electrons. The Morgan fingerprint density at radius 1 is 1.04 bits per heavy atom. The van der Waals surface area contributed by atoms with Crippen molar-refractivity contribution in [1.82, 2.24) is 9.97 Å². The molecule has 0 atom stereocenters. The van der Waals surface area contributed by atoms with Gasteiger partial charge in [-0.1, -0.05) is 23.7 Å². The Bertz CT molecular complexity index is 820. The number of aromatic nitrogens is 2. The molecule has 1 amide bonds. The number of nitrogens with zero attached hydrogens (tertiary/aromatic N) is 2. The molecule has 6 heteroatoms. The van der Waals surface area contributed by atoms with Crippen LogP contribution >= 0.6 is 11.6 Å². The predicted molar refractivity (Wildman–Crippen MR) is 100 cm³/mol. The van der Waals surface area contributed by atoms with E-state index in [1.165, 1.54) is 11.8 Å². The lowest BCUT2D eigenvalue weighted by atomic mass is 10.1. The van der Waals surface area contributed by atoms with Gasteiger partial charge in [-0.05, 0) is 48.4 Å². The number of hydrogen-bond donors (Lipinski definition) is 2. The van der Waals surface area contributed by atoms with Crippen molar-refractivity contribution >= 4 is 29.0 Å². The van der Waals surface area contributed by atoms with Crippen LogP contribution in [0.3, 0.4) is 0 Å². The minimum absolute atomic E-state index is 0.232. The molecule has 0 aliphatic rings. The minimum atomic E-state index is -0.232. The number of hydrogen-bond acceptors (Lipinski definition) is 4. The number of amides is 1. The van der Waals surface area contributed by atoms with Crippen molar-refractivity contribution in [3.63, 3.8) is 0 Å². The molecule has 5 nitrogen and oxygen atoms in total. The van der Waals surface area contributed by atoms with Crippen LogP contribution in [0.4, 0.5) is 11.5 Å². The molecule has 3 rings (SSSR count). The number of anilines is 2. The van der Waals surface area contributed by atoms with Gasteiger partial charge in [-0.3, -0.25) is 9.78 Å². The fourth-order valence-electron chi connectivity index (χ4n) is 2.26. The Kier molecular flexibility index (Phi) is 5.59. The molecule has 2 heterocycles. The van der Waals surface area contributed by atoms with Crippen LogP contribution in [0.2, 0.25) is 5.02 Å². The molecule has 25 heavy (non-hydrogen) atoms. The van der Waals surface area contributed by atoms with E-state index in [2.05, 4.69) is 20.6 Å². The second-order valence-electron chi connectivity index (χ2n) is 5.43. The fourth-order valence-corrected chi connectivity index (χ4v) is 2.39. The highest BCUT2D eigenvalue weighted by Crippen LogP contribution is 2.12. The van der Waals surface area contributed by atoms with Crippen LogP contribution in [0.15, 0.2) is 67.1 Å². The Labute approximate surface area is 151 Å². The van der Waals surface area contributed by atoms with E-state index < -0.39 is 0 Å². The monoisotopic (exact) mass is 352 g/mol. The molecule has 0 aliphatic carbocycles. The van der Waals surface area contributed by atoms with Gasteiger partial charge >= 0.3 is 0 Å². The van der Waals surface area contributed by atoms with Crippen molar-refractivity contribution in [2.45, 2.75) is 6.42 Å². The molecule has 0 fully saturated rings. The van der Waals surface area contributed by atoms with Crippen molar-refractivity contribution in [3.8, 4) is 0 Å². The molecule has 0 spiro atoms. The Hall–Kier alpha value is -2.92. The molecule has 2 N–H and O–H groups in total. The summed E-state index contributed by atoms with van der Waals surface area (Å²) in [6, 6.07) is 14.9. The number of carbonyl (C=O) groups is 1. The van der Waals surface area contributed by atoms with Crippen LogP contribution in [0, 0.1) is 0 Å². The molecule has 1 aromatic carbocycles. The zero-order chi connectivity index (χ0) is 17.5. The van der Waals surface area contributed by atoms with Gasteiger partial charge in [0.15, 0.2) is 0 Å². The van der Waals surface area contributed by atoms with E-state index in [4.69, 9.17) is 11.6 Å². The lowest BCUT2D eigenvalue weighted by molar-refractivity contribution is 0.102.